The third-order valence-electron chi connectivity index (χ3n) is 2.04. The molecule has 1 saturated heterocycles. The van der Waals surface area contributed by atoms with Crippen LogP contribution in [0.15, 0.2) is 24.3 Å². The van der Waals surface area contributed by atoms with E-state index in [-0.39, 0.29) is 17.2 Å². The second-order valence-corrected chi connectivity index (χ2v) is 3.68. The summed E-state index contributed by atoms with van der Waals surface area (Å²) < 4.78 is 0. The lowest BCUT2D eigenvalue weighted by atomic mass is 10.1. The number of rotatable bonds is 4. The molecule has 0 saturated carbocycles. The molecule has 1 heterocycles. The second kappa shape index (κ2) is 5.67. The van der Waals surface area contributed by atoms with Crippen molar-refractivity contribution in [2.24, 2.45) is 0 Å². The number of carbonyl (C=O) groups excluding carboxylic acids is 2. The van der Waals surface area contributed by atoms with E-state index in [0.717, 1.165) is 11.0 Å². The number of aliphatic hydroxyl groups excluding tert-OH is 2. The van der Waals surface area contributed by atoms with Crippen LogP contribution in [0.1, 0.15) is 0 Å². The number of amides is 2. The molecule has 92 valence electrons. The summed E-state index contributed by atoms with van der Waals surface area (Å²) in [7, 11) is 0. The first-order valence-corrected chi connectivity index (χ1v) is 5.21. The molecule has 1 aliphatic rings. The van der Waals surface area contributed by atoms with E-state index in [1.54, 1.807) is 0 Å². The minimum absolute atomic E-state index is 0.00413. The quantitative estimate of drug-likeness (QED) is 0.252. The average molecular weight is 256 g/mol. The molecule has 0 bridgehead atoms. The molecule has 2 amide bonds. The maximum atomic E-state index is 11.9. The molecule has 1 fully saturated rings. The van der Waals surface area contributed by atoms with Crippen molar-refractivity contribution in [3.63, 3.8) is 0 Å². The van der Waals surface area contributed by atoms with E-state index in [4.69, 9.17) is 17.3 Å². The Labute approximate surface area is 103 Å². The molecule has 0 radical (unpaired) electrons. The minimum Gasteiger partial charge on any atom is -0.393 e. The van der Waals surface area contributed by atoms with Crippen LogP contribution in [0.25, 0.3) is 0 Å². The number of nitrogens with one attached hydrogen (secondary N) is 1. The molecule has 3 N–H and O–H groups in total. The molecule has 0 aromatic heterocycles. The van der Waals surface area contributed by atoms with Crippen LogP contribution in [-0.4, -0.2) is 51.3 Å². The van der Waals surface area contributed by atoms with E-state index in [0.29, 0.717) is 0 Å². The molecule has 1 atom stereocenters. The molecule has 1 rings (SSSR count). The zero-order valence-corrected chi connectivity index (χ0v) is 9.74. The Hall–Kier alpha value is -1.57. The van der Waals surface area contributed by atoms with Gasteiger partial charge in [0, 0.05) is 6.54 Å². The van der Waals surface area contributed by atoms with Crippen LogP contribution in [0.4, 0.5) is 0 Å². The van der Waals surface area contributed by atoms with E-state index in [9.17, 15) is 14.7 Å². The first-order valence-electron chi connectivity index (χ1n) is 4.80. The topological polar surface area (TPSA) is 89.9 Å². The SMILES string of the molecule is C=CCN1C(=O)/C(=C/[C@H](O)CO)C(=O)NC1=S. The van der Waals surface area contributed by atoms with Gasteiger partial charge in [-0.15, -0.1) is 6.58 Å². The third kappa shape index (κ3) is 2.96. The summed E-state index contributed by atoms with van der Waals surface area (Å²) in [6, 6.07) is 0. The highest BCUT2D eigenvalue weighted by Crippen LogP contribution is 2.10. The van der Waals surface area contributed by atoms with Gasteiger partial charge in [0.15, 0.2) is 5.11 Å². The van der Waals surface area contributed by atoms with E-state index >= 15 is 0 Å². The van der Waals surface area contributed by atoms with E-state index < -0.39 is 24.5 Å². The highest BCUT2D eigenvalue weighted by molar-refractivity contribution is 7.80. The lowest BCUT2D eigenvalue weighted by Crippen LogP contribution is -2.54. The maximum Gasteiger partial charge on any atom is 0.265 e. The molecule has 0 unspecified atom stereocenters. The van der Waals surface area contributed by atoms with Gasteiger partial charge in [-0.05, 0) is 18.3 Å². The van der Waals surface area contributed by atoms with Crippen molar-refractivity contribution in [3.05, 3.63) is 24.3 Å². The molecule has 1 aliphatic heterocycles. The van der Waals surface area contributed by atoms with Crippen molar-refractivity contribution >= 4 is 29.1 Å². The van der Waals surface area contributed by atoms with Crippen LogP contribution in [0.5, 0.6) is 0 Å². The summed E-state index contributed by atoms with van der Waals surface area (Å²) in [4.78, 5) is 24.5. The summed E-state index contributed by atoms with van der Waals surface area (Å²) in [5, 5.41) is 20.2. The highest BCUT2D eigenvalue weighted by atomic mass is 32.1. The van der Waals surface area contributed by atoms with Crippen LogP contribution in [0, 0.1) is 0 Å². The summed E-state index contributed by atoms with van der Waals surface area (Å²) >= 11 is 4.83. The number of thiocarbonyl (C=S) groups is 1. The van der Waals surface area contributed by atoms with Crippen LogP contribution in [0.3, 0.4) is 0 Å². The van der Waals surface area contributed by atoms with Gasteiger partial charge in [-0.3, -0.25) is 19.8 Å². The Morgan fingerprint density at radius 1 is 1.53 bits per heavy atom. The molecule has 0 aromatic carbocycles. The van der Waals surface area contributed by atoms with Gasteiger partial charge in [0.25, 0.3) is 11.8 Å². The largest absolute Gasteiger partial charge is 0.393 e. The molecule has 0 aromatic rings. The number of carbonyl (C=O) groups is 2. The standard InChI is InChI=1S/C10H12N2O4S/c1-2-3-12-9(16)7(4-6(14)5-13)8(15)11-10(12)17/h2,4,6,13-14H,1,3,5H2,(H,11,15,17)/b7-4+/t6-/m0/s1. The van der Waals surface area contributed by atoms with Gasteiger partial charge < -0.3 is 10.2 Å². The fourth-order valence-corrected chi connectivity index (χ4v) is 1.50. The van der Waals surface area contributed by atoms with Gasteiger partial charge in [0.2, 0.25) is 0 Å². The zero-order chi connectivity index (χ0) is 13.0. The Balaban J connectivity index is 3.01. The smallest absolute Gasteiger partial charge is 0.265 e. The molecular formula is C10H12N2O4S. The van der Waals surface area contributed by atoms with Crippen molar-refractivity contribution < 1.29 is 19.8 Å². The number of nitrogens with zero attached hydrogens (tertiary/aromatic N) is 1. The maximum absolute atomic E-state index is 11.9. The number of hydrogen-bond donors (Lipinski definition) is 3. The Morgan fingerprint density at radius 2 is 2.18 bits per heavy atom. The summed E-state index contributed by atoms with van der Waals surface area (Å²) in [5.41, 5.74) is -0.248. The molecule has 0 spiro atoms. The van der Waals surface area contributed by atoms with Crippen molar-refractivity contribution in [3.8, 4) is 0 Å². The average Bonchev–Trinajstić information content (AvgIpc) is 2.29. The van der Waals surface area contributed by atoms with Crippen LogP contribution < -0.4 is 5.32 Å². The molecule has 17 heavy (non-hydrogen) atoms. The molecule has 0 aliphatic carbocycles. The predicted molar refractivity (Wildman–Crippen MR) is 63.8 cm³/mol. The normalized spacial score (nSPS) is 20.5. The van der Waals surface area contributed by atoms with Gasteiger partial charge in [-0.2, -0.15) is 0 Å². The van der Waals surface area contributed by atoms with Gasteiger partial charge in [-0.1, -0.05) is 6.08 Å². The van der Waals surface area contributed by atoms with Crippen molar-refractivity contribution in [2.45, 2.75) is 6.10 Å². The monoisotopic (exact) mass is 256 g/mol. The van der Waals surface area contributed by atoms with Crippen LogP contribution in [-0.2, 0) is 9.59 Å². The fourth-order valence-electron chi connectivity index (χ4n) is 1.25. The first-order chi connectivity index (χ1) is 8.01. The third-order valence-corrected chi connectivity index (χ3v) is 2.37. The van der Waals surface area contributed by atoms with Crippen molar-refractivity contribution in [1.82, 2.24) is 10.2 Å². The summed E-state index contributed by atoms with van der Waals surface area (Å²) in [6.07, 6.45) is 1.19. The summed E-state index contributed by atoms with van der Waals surface area (Å²) in [6.45, 7) is 3.05. The van der Waals surface area contributed by atoms with Crippen molar-refractivity contribution in [2.75, 3.05) is 13.2 Å². The van der Waals surface area contributed by atoms with Gasteiger partial charge in [0.05, 0.1) is 12.7 Å². The Kier molecular flexibility index (Phi) is 4.50. The molecule has 6 nitrogen and oxygen atoms in total. The van der Waals surface area contributed by atoms with Gasteiger partial charge in [0.1, 0.15) is 5.57 Å². The molecule has 7 heteroatoms. The predicted octanol–water partition coefficient (Wildman–Crippen LogP) is -1.30. The van der Waals surface area contributed by atoms with E-state index in [2.05, 4.69) is 11.9 Å². The Bertz CT molecular complexity index is 405. The lowest BCUT2D eigenvalue weighted by Gasteiger charge is -2.28. The van der Waals surface area contributed by atoms with Gasteiger partial charge >= 0.3 is 0 Å². The fraction of sp³-hybridized carbons (Fsp3) is 0.300. The van der Waals surface area contributed by atoms with Gasteiger partial charge in [-0.25, -0.2) is 0 Å². The van der Waals surface area contributed by atoms with E-state index in [1.165, 1.54) is 6.08 Å². The Morgan fingerprint density at radius 3 is 2.71 bits per heavy atom. The number of aliphatic hydroxyl groups is 2. The zero-order valence-electron chi connectivity index (χ0n) is 8.92. The minimum atomic E-state index is -1.27. The van der Waals surface area contributed by atoms with Crippen LogP contribution >= 0.6 is 12.2 Å². The molecular weight excluding hydrogens is 244 g/mol. The van der Waals surface area contributed by atoms with E-state index in [1.807, 2.05) is 0 Å². The second-order valence-electron chi connectivity index (χ2n) is 3.29. The summed E-state index contributed by atoms with van der Waals surface area (Å²) in [5.74, 6) is -1.31. The van der Waals surface area contributed by atoms with Crippen molar-refractivity contribution in [1.29, 1.82) is 0 Å². The highest BCUT2D eigenvalue weighted by Gasteiger charge is 2.32. The van der Waals surface area contributed by atoms with Crippen LogP contribution in [0.2, 0.25) is 0 Å². The lowest BCUT2D eigenvalue weighted by molar-refractivity contribution is -0.128. The number of hydrogen-bond acceptors (Lipinski definition) is 5. The first kappa shape index (κ1) is 13.5.